The molecule has 0 atom stereocenters. The van der Waals surface area contributed by atoms with Crippen LogP contribution in [-0.2, 0) is 11.3 Å². The van der Waals surface area contributed by atoms with E-state index in [9.17, 15) is 14.0 Å². The number of ketones is 1. The molecule has 1 amide bonds. The summed E-state index contributed by atoms with van der Waals surface area (Å²) in [6.07, 6.45) is 5.79. The van der Waals surface area contributed by atoms with Crippen LogP contribution in [0.15, 0.2) is 61.2 Å². The summed E-state index contributed by atoms with van der Waals surface area (Å²) < 4.78 is 24.6. The highest BCUT2D eigenvalue weighted by molar-refractivity contribution is 6.00. The molecule has 0 bridgehead atoms. The molecule has 164 valence electrons. The molecular formula is C24H22FN3O4. The van der Waals surface area contributed by atoms with Crippen LogP contribution in [0.3, 0.4) is 0 Å². The van der Waals surface area contributed by atoms with Crippen LogP contribution in [0.2, 0.25) is 0 Å². The van der Waals surface area contributed by atoms with Crippen LogP contribution in [0, 0.1) is 11.2 Å². The minimum Gasteiger partial charge on any atom is -0.497 e. The maximum atomic E-state index is 14.0. The molecule has 2 aromatic carbocycles. The summed E-state index contributed by atoms with van der Waals surface area (Å²) in [4.78, 5) is 32.8. The Morgan fingerprint density at radius 2 is 1.75 bits per heavy atom. The zero-order valence-electron chi connectivity index (χ0n) is 17.5. The van der Waals surface area contributed by atoms with Crippen molar-refractivity contribution in [2.45, 2.75) is 25.8 Å². The summed E-state index contributed by atoms with van der Waals surface area (Å²) in [5, 5.41) is 2.91. The third-order valence-electron chi connectivity index (χ3n) is 5.46. The molecule has 0 radical (unpaired) electrons. The van der Waals surface area contributed by atoms with Gasteiger partial charge < -0.3 is 14.8 Å². The molecule has 4 rings (SSSR count). The lowest BCUT2D eigenvalue weighted by molar-refractivity contribution is -0.126. The number of hydrogen-bond acceptors (Lipinski definition) is 6. The smallest absolute Gasteiger partial charge is 0.226 e. The largest absolute Gasteiger partial charge is 0.497 e. The molecule has 7 nitrogen and oxygen atoms in total. The predicted molar refractivity (Wildman–Crippen MR) is 114 cm³/mol. The quantitative estimate of drug-likeness (QED) is 0.509. The van der Waals surface area contributed by atoms with E-state index in [1.165, 1.54) is 38.0 Å². The molecule has 0 aliphatic heterocycles. The number of methoxy groups -OCH3 is 1. The van der Waals surface area contributed by atoms with E-state index >= 15 is 0 Å². The molecule has 1 aliphatic carbocycles. The first-order chi connectivity index (χ1) is 15.5. The number of rotatable bonds is 9. The fraction of sp³-hybridized carbons (Fsp3) is 0.250. The molecule has 3 aromatic rings. The molecule has 1 saturated carbocycles. The minimum atomic E-state index is -0.651. The van der Waals surface area contributed by atoms with Gasteiger partial charge in [0.2, 0.25) is 5.91 Å². The maximum Gasteiger partial charge on any atom is 0.226 e. The summed E-state index contributed by atoms with van der Waals surface area (Å²) >= 11 is 0. The van der Waals surface area contributed by atoms with Crippen molar-refractivity contribution in [1.82, 2.24) is 15.3 Å². The number of carbonyl (C=O) groups excluding carboxylic acids is 2. The standard InChI is InChI=1S/C24H22FN3O4/c1-31-19-6-7-22(20(25)10-19)32-18-4-2-16(3-5-18)12-28-23(30)24(8-9-24)11-21(29)17-13-26-15-27-14-17/h2-7,10,13-15H,8-9,11-12H2,1H3,(H,28,30). The van der Waals surface area contributed by atoms with E-state index in [1.54, 1.807) is 30.3 Å². The second-order valence-electron chi connectivity index (χ2n) is 7.73. The van der Waals surface area contributed by atoms with Crippen molar-refractivity contribution in [2.75, 3.05) is 7.11 Å². The number of nitrogens with one attached hydrogen (secondary N) is 1. The molecular weight excluding hydrogens is 413 g/mol. The van der Waals surface area contributed by atoms with E-state index in [0.717, 1.165) is 5.56 Å². The Balaban J connectivity index is 1.31. The molecule has 1 N–H and O–H groups in total. The van der Waals surface area contributed by atoms with E-state index in [0.29, 0.717) is 36.4 Å². The van der Waals surface area contributed by atoms with Gasteiger partial charge >= 0.3 is 0 Å². The Kier molecular flexibility index (Phi) is 6.11. The van der Waals surface area contributed by atoms with Crippen molar-refractivity contribution in [2.24, 2.45) is 5.41 Å². The summed E-state index contributed by atoms with van der Waals surface area (Å²) in [5.74, 6) is 0.184. The molecule has 1 heterocycles. The average molecular weight is 435 g/mol. The molecule has 32 heavy (non-hydrogen) atoms. The molecule has 0 saturated heterocycles. The van der Waals surface area contributed by atoms with E-state index in [1.807, 2.05) is 0 Å². The summed E-state index contributed by atoms with van der Waals surface area (Å²) in [5.41, 5.74) is 0.622. The first kappa shape index (κ1) is 21.4. The van der Waals surface area contributed by atoms with E-state index < -0.39 is 11.2 Å². The van der Waals surface area contributed by atoms with Gasteiger partial charge in [0.25, 0.3) is 0 Å². The topological polar surface area (TPSA) is 90.4 Å². The van der Waals surface area contributed by atoms with Gasteiger partial charge in [0.1, 0.15) is 17.8 Å². The van der Waals surface area contributed by atoms with Crippen LogP contribution in [0.4, 0.5) is 4.39 Å². The number of hydrogen-bond donors (Lipinski definition) is 1. The molecule has 1 aromatic heterocycles. The zero-order valence-corrected chi connectivity index (χ0v) is 17.5. The lowest BCUT2D eigenvalue weighted by atomic mass is 9.95. The highest BCUT2D eigenvalue weighted by Crippen LogP contribution is 2.49. The number of Topliss-reactive ketones (excluding diaryl/α,β-unsaturated/α-hetero) is 1. The number of ether oxygens (including phenoxy) is 2. The molecule has 0 unspecified atom stereocenters. The van der Waals surface area contributed by atoms with Gasteiger partial charge in [-0.05, 0) is 42.7 Å². The summed E-state index contributed by atoms with van der Waals surface area (Å²) in [6, 6.07) is 11.4. The van der Waals surface area contributed by atoms with Gasteiger partial charge in [-0.3, -0.25) is 9.59 Å². The van der Waals surface area contributed by atoms with Crippen molar-refractivity contribution < 1.29 is 23.5 Å². The lowest BCUT2D eigenvalue weighted by Crippen LogP contribution is -2.33. The summed E-state index contributed by atoms with van der Waals surface area (Å²) in [7, 11) is 1.47. The summed E-state index contributed by atoms with van der Waals surface area (Å²) in [6.45, 7) is 0.320. The fourth-order valence-electron chi connectivity index (χ4n) is 3.35. The van der Waals surface area contributed by atoms with Gasteiger partial charge in [-0.25, -0.2) is 14.4 Å². The van der Waals surface area contributed by atoms with E-state index in [4.69, 9.17) is 9.47 Å². The molecule has 8 heteroatoms. The second-order valence-corrected chi connectivity index (χ2v) is 7.73. The van der Waals surface area contributed by atoms with Crippen LogP contribution in [0.5, 0.6) is 17.2 Å². The average Bonchev–Trinajstić information content (AvgIpc) is 3.61. The van der Waals surface area contributed by atoms with Gasteiger partial charge in [-0.1, -0.05) is 12.1 Å². The highest BCUT2D eigenvalue weighted by atomic mass is 19.1. The molecule has 1 aliphatic rings. The number of halogens is 1. The van der Waals surface area contributed by atoms with Crippen LogP contribution >= 0.6 is 0 Å². The first-order valence-corrected chi connectivity index (χ1v) is 10.2. The van der Waals surface area contributed by atoms with Crippen molar-refractivity contribution in [3.05, 3.63) is 78.1 Å². The van der Waals surface area contributed by atoms with Crippen LogP contribution < -0.4 is 14.8 Å². The number of amides is 1. The SMILES string of the molecule is COc1ccc(Oc2ccc(CNC(=O)C3(CC(=O)c4cncnc4)CC3)cc2)c(F)c1. The van der Waals surface area contributed by atoms with Crippen LogP contribution in [-0.4, -0.2) is 28.8 Å². The maximum absolute atomic E-state index is 14.0. The predicted octanol–water partition coefficient (Wildman–Crippen LogP) is 4.09. The van der Waals surface area contributed by atoms with Crippen molar-refractivity contribution in [3.8, 4) is 17.2 Å². The number of aromatic nitrogens is 2. The van der Waals surface area contributed by atoms with Gasteiger partial charge in [-0.15, -0.1) is 0 Å². The third kappa shape index (κ3) is 4.91. The van der Waals surface area contributed by atoms with Crippen LogP contribution in [0.1, 0.15) is 35.2 Å². The normalized spacial score (nSPS) is 13.8. The lowest BCUT2D eigenvalue weighted by Gasteiger charge is -2.15. The first-order valence-electron chi connectivity index (χ1n) is 10.2. The van der Waals surface area contributed by atoms with Gasteiger partial charge in [-0.2, -0.15) is 0 Å². The Labute approximate surface area is 184 Å². The Hall–Kier alpha value is -3.81. The monoisotopic (exact) mass is 435 g/mol. The Morgan fingerprint density at radius 3 is 2.38 bits per heavy atom. The number of carbonyl (C=O) groups is 2. The Morgan fingerprint density at radius 1 is 1.06 bits per heavy atom. The van der Waals surface area contributed by atoms with E-state index in [2.05, 4.69) is 15.3 Å². The highest BCUT2D eigenvalue weighted by Gasteiger charge is 2.50. The van der Waals surface area contributed by atoms with E-state index in [-0.39, 0.29) is 23.9 Å². The number of benzene rings is 2. The van der Waals surface area contributed by atoms with Crippen LogP contribution in [0.25, 0.3) is 0 Å². The van der Waals surface area contributed by atoms with Gasteiger partial charge in [0.05, 0.1) is 18.1 Å². The Bertz CT molecular complexity index is 1120. The van der Waals surface area contributed by atoms with Gasteiger partial charge in [0.15, 0.2) is 17.3 Å². The number of nitrogens with zero attached hydrogens (tertiary/aromatic N) is 2. The molecule has 1 fully saturated rings. The zero-order chi connectivity index (χ0) is 22.6. The van der Waals surface area contributed by atoms with Crippen molar-refractivity contribution in [3.63, 3.8) is 0 Å². The minimum absolute atomic E-state index is 0.0935. The third-order valence-corrected chi connectivity index (χ3v) is 5.46. The van der Waals surface area contributed by atoms with Gasteiger partial charge in [0, 0.05) is 31.4 Å². The van der Waals surface area contributed by atoms with Crippen molar-refractivity contribution in [1.29, 1.82) is 0 Å². The van der Waals surface area contributed by atoms with Crippen molar-refractivity contribution >= 4 is 11.7 Å². The second kappa shape index (κ2) is 9.13. The fourth-order valence-corrected chi connectivity index (χ4v) is 3.35. The molecule has 0 spiro atoms.